The molecule has 1 aromatic carbocycles. The highest BCUT2D eigenvalue weighted by Crippen LogP contribution is 2.12. The molecular weight excluding hydrogens is 394 g/mol. The molecule has 0 radical (unpaired) electrons. The van der Waals surface area contributed by atoms with Gasteiger partial charge in [-0.05, 0) is 33.6 Å². The largest absolute Gasteiger partial charge is 0.323 e. The van der Waals surface area contributed by atoms with Crippen LogP contribution in [0.2, 0.25) is 5.02 Å². The van der Waals surface area contributed by atoms with Crippen LogP contribution in [0.1, 0.15) is 12.0 Å². The third kappa shape index (κ3) is 4.69. The van der Waals surface area contributed by atoms with E-state index in [1.165, 1.54) is 0 Å². The quantitative estimate of drug-likeness (QED) is 0.678. The van der Waals surface area contributed by atoms with E-state index in [9.17, 15) is 4.79 Å². The normalized spacial score (nSPS) is 10.8. The predicted octanol–water partition coefficient (Wildman–Crippen LogP) is 3.57. The Morgan fingerprint density at radius 1 is 1.12 bits per heavy atom. The lowest BCUT2D eigenvalue weighted by molar-refractivity contribution is -0.116. The van der Waals surface area contributed by atoms with Crippen molar-refractivity contribution >= 4 is 39.1 Å². The summed E-state index contributed by atoms with van der Waals surface area (Å²) in [6.07, 6.45) is 7.31. The van der Waals surface area contributed by atoms with Crippen molar-refractivity contribution in [1.29, 1.82) is 0 Å². The number of carbonyl (C=O) groups excluding carboxylic acids is 1. The molecule has 0 unspecified atom stereocenters. The van der Waals surface area contributed by atoms with E-state index in [-0.39, 0.29) is 5.91 Å². The van der Waals surface area contributed by atoms with Crippen molar-refractivity contribution in [1.82, 2.24) is 19.6 Å². The number of nitrogens with one attached hydrogen (secondary N) is 1. The number of carbonyl (C=O) groups is 1. The number of rotatable bonds is 6. The van der Waals surface area contributed by atoms with E-state index in [1.807, 2.05) is 30.5 Å². The first-order valence-corrected chi connectivity index (χ1v) is 8.50. The van der Waals surface area contributed by atoms with Gasteiger partial charge < -0.3 is 5.32 Å². The van der Waals surface area contributed by atoms with Gasteiger partial charge in [-0.15, -0.1) is 0 Å². The minimum atomic E-state index is -0.0762. The minimum Gasteiger partial charge on any atom is -0.323 e. The highest BCUT2D eigenvalue weighted by molar-refractivity contribution is 9.10. The maximum absolute atomic E-state index is 12.0. The topological polar surface area (TPSA) is 64.7 Å². The molecule has 0 aliphatic rings. The Morgan fingerprint density at radius 3 is 2.58 bits per heavy atom. The minimum absolute atomic E-state index is 0.0762. The molecule has 0 atom stereocenters. The Kier molecular flexibility index (Phi) is 5.32. The van der Waals surface area contributed by atoms with E-state index in [0.717, 1.165) is 10.0 Å². The second kappa shape index (κ2) is 7.63. The van der Waals surface area contributed by atoms with Crippen LogP contribution in [0.5, 0.6) is 0 Å². The summed E-state index contributed by atoms with van der Waals surface area (Å²) in [6.45, 7) is 1.14. The van der Waals surface area contributed by atoms with Gasteiger partial charge in [0, 0.05) is 30.4 Å². The van der Waals surface area contributed by atoms with E-state index >= 15 is 0 Å². The molecule has 124 valence electrons. The number of aryl methyl sites for hydroxylation is 1. The number of nitrogens with zero attached hydrogens (tertiary/aromatic N) is 4. The molecule has 0 spiro atoms. The molecular formula is C16H15BrClN5O. The van der Waals surface area contributed by atoms with Crippen LogP contribution in [0.15, 0.2) is 53.5 Å². The van der Waals surface area contributed by atoms with E-state index in [2.05, 4.69) is 31.4 Å². The molecule has 6 nitrogen and oxygen atoms in total. The van der Waals surface area contributed by atoms with Crippen molar-refractivity contribution in [3.8, 4) is 0 Å². The smallest absolute Gasteiger partial charge is 0.226 e. The van der Waals surface area contributed by atoms with Gasteiger partial charge in [0.1, 0.15) is 0 Å². The Bertz CT molecular complexity index is 827. The maximum Gasteiger partial charge on any atom is 0.226 e. The zero-order chi connectivity index (χ0) is 16.9. The Balaban J connectivity index is 1.51. The van der Waals surface area contributed by atoms with Gasteiger partial charge in [-0.25, -0.2) is 0 Å². The monoisotopic (exact) mass is 407 g/mol. The highest BCUT2D eigenvalue weighted by Gasteiger charge is 2.06. The molecule has 0 bridgehead atoms. The number of hydrogen-bond donors (Lipinski definition) is 1. The first kappa shape index (κ1) is 16.7. The molecule has 1 amide bonds. The van der Waals surface area contributed by atoms with Gasteiger partial charge in [-0.3, -0.25) is 14.2 Å². The molecule has 2 heterocycles. The summed E-state index contributed by atoms with van der Waals surface area (Å²) in [5.41, 5.74) is 1.76. The number of hydrogen-bond acceptors (Lipinski definition) is 3. The van der Waals surface area contributed by atoms with Crippen LogP contribution in [0.3, 0.4) is 0 Å². The molecule has 0 aliphatic carbocycles. The molecule has 8 heteroatoms. The van der Waals surface area contributed by atoms with Crippen molar-refractivity contribution in [3.63, 3.8) is 0 Å². The second-order valence-electron chi connectivity index (χ2n) is 5.27. The van der Waals surface area contributed by atoms with Crippen LogP contribution in [-0.2, 0) is 17.9 Å². The summed E-state index contributed by atoms with van der Waals surface area (Å²) in [5, 5.41) is 11.9. The van der Waals surface area contributed by atoms with E-state index < -0.39 is 0 Å². The summed E-state index contributed by atoms with van der Waals surface area (Å²) < 4.78 is 4.38. The van der Waals surface area contributed by atoms with E-state index in [4.69, 9.17) is 11.6 Å². The Morgan fingerprint density at radius 2 is 1.88 bits per heavy atom. The van der Waals surface area contributed by atoms with Gasteiger partial charge >= 0.3 is 0 Å². The summed E-state index contributed by atoms with van der Waals surface area (Å²) in [6, 6.07) is 7.59. The molecule has 3 aromatic rings. The van der Waals surface area contributed by atoms with Crippen molar-refractivity contribution in [2.75, 3.05) is 5.32 Å². The Hall–Kier alpha value is -2.12. The maximum atomic E-state index is 12.0. The molecule has 0 saturated heterocycles. The van der Waals surface area contributed by atoms with Gasteiger partial charge in [-0.2, -0.15) is 10.2 Å². The molecule has 0 fully saturated rings. The lowest BCUT2D eigenvalue weighted by Crippen LogP contribution is -2.14. The number of amides is 1. The lowest BCUT2D eigenvalue weighted by atomic mass is 10.2. The average molecular weight is 409 g/mol. The third-order valence-corrected chi connectivity index (χ3v) is 4.01. The fourth-order valence-corrected chi connectivity index (χ4v) is 2.65. The molecule has 24 heavy (non-hydrogen) atoms. The molecule has 1 N–H and O–H groups in total. The average Bonchev–Trinajstić information content (AvgIpc) is 3.17. The SMILES string of the molecule is O=C(CCn1cc(Br)cn1)Nc1cnn(Cc2ccc(Cl)cc2)c1. The lowest BCUT2D eigenvalue weighted by Gasteiger charge is -2.03. The van der Waals surface area contributed by atoms with Crippen LogP contribution >= 0.6 is 27.5 Å². The number of anilines is 1. The number of aromatic nitrogens is 4. The fraction of sp³-hybridized carbons (Fsp3) is 0.188. The van der Waals surface area contributed by atoms with Crippen LogP contribution in [0.4, 0.5) is 5.69 Å². The van der Waals surface area contributed by atoms with Crippen molar-refractivity contribution in [2.45, 2.75) is 19.5 Å². The first-order chi connectivity index (χ1) is 11.6. The standard InChI is InChI=1S/C16H15BrClN5O/c17-13-7-19-22(10-13)6-5-16(24)21-15-8-20-23(11-15)9-12-1-3-14(18)4-2-12/h1-4,7-8,10-11H,5-6,9H2,(H,21,24). The third-order valence-electron chi connectivity index (χ3n) is 3.34. The molecule has 0 saturated carbocycles. The van der Waals surface area contributed by atoms with Gasteiger partial charge in [-0.1, -0.05) is 23.7 Å². The van der Waals surface area contributed by atoms with Crippen molar-refractivity contribution in [2.24, 2.45) is 0 Å². The zero-order valence-electron chi connectivity index (χ0n) is 12.7. The van der Waals surface area contributed by atoms with E-state index in [0.29, 0.717) is 30.2 Å². The van der Waals surface area contributed by atoms with Gasteiger partial charge in [0.05, 0.1) is 29.1 Å². The van der Waals surface area contributed by atoms with Crippen LogP contribution in [0, 0.1) is 0 Å². The van der Waals surface area contributed by atoms with Crippen LogP contribution in [-0.4, -0.2) is 25.5 Å². The summed E-state index contributed by atoms with van der Waals surface area (Å²) >= 11 is 9.20. The predicted molar refractivity (Wildman–Crippen MR) is 96.0 cm³/mol. The molecule has 0 aliphatic heterocycles. The van der Waals surface area contributed by atoms with E-state index in [1.54, 1.807) is 28.0 Å². The van der Waals surface area contributed by atoms with Crippen LogP contribution in [0.25, 0.3) is 0 Å². The summed E-state index contributed by atoms with van der Waals surface area (Å²) in [5.74, 6) is -0.0762. The zero-order valence-corrected chi connectivity index (χ0v) is 15.0. The number of benzene rings is 1. The van der Waals surface area contributed by atoms with Crippen molar-refractivity contribution in [3.05, 3.63) is 64.1 Å². The summed E-state index contributed by atoms with van der Waals surface area (Å²) in [4.78, 5) is 12.0. The van der Waals surface area contributed by atoms with Gasteiger partial charge in [0.2, 0.25) is 5.91 Å². The summed E-state index contributed by atoms with van der Waals surface area (Å²) in [7, 11) is 0. The van der Waals surface area contributed by atoms with Gasteiger partial charge in [0.25, 0.3) is 0 Å². The second-order valence-corrected chi connectivity index (χ2v) is 6.62. The van der Waals surface area contributed by atoms with Crippen molar-refractivity contribution < 1.29 is 4.79 Å². The first-order valence-electron chi connectivity index (χ1n) is 7.33. The Labute approximate surface area is 152 Å². The fourth-order valence-electron chi connectivity index (χ4n) is 2.19. The molecule has 3 rings (SSSR count). The highest BCUT2D eigenvalue weighted by atomic mass is 79.9. The van der Waals surface area contributed by atoms with Gasteiger partial charge in [0.15, 0.2) is 0 Å². The molecule has 2 aromatic heterocycles. The number of halogens is 2. The van der Waals surface area contributed by atoms with Crippen LogP contribution < -0.4 is 5.32 Å².